The summed E-state index contributed by atoms with van der Waals surface area (Å²) in [5.74, 6) is -0.458. The van der Waals surface area contributed by atoms with Crippen LogP contribution in [0.4, 0.5) is 0 Å². The van der Waals surface area contributed by atoms with E-state index in [4.69, 9.17) is 4.74 Å². The van der Waals surface area contributed by atoms with Crippen LogP contribution in [0.25, 0.3) is 0 Å². The summed E-state index contributed by atoms with van der Waals surface area (Å²) in [6.07, 6.45) is 8.25. The number of nitrogens with one attached hydrogen (secondary N) is 1. The van der Waals surface area contributed by atoms with Crippen molar-refractivity contribution in [2.24, 2.45) is 5.92 Å². The predicted molar refractivity (Wildman–Crippen MR) is 115 cm³/mol. The van der Waals surface area contributed by atoms with Gasteiger partial charge in [0.15, 0.2) is 0 Å². The van der Waals surface area contributed by atoms with Crippen molar-refractivity contribution in [3.63, 3.8) is 0 Å². The molecule has 2 amide bonds. The summed E-state index contributed by atoms with van der Waals surface area (Å²) in [4.78, 5) is 29.3. The molecule has 1 N–H and O–H groups in total. The summed E-state index contributed by atoms with van der Waals surface area (Å²) in [6, 6.07) is 7.96. The van der Waals surface area contributed by atoms with Gasteiger partial charge in [-0.05, 0) is 46.1 Å². The van der Waals surface area contributed by atoms with Crippen LogP contribution in [0.15, 0.2) is 36.4 Å². The number of fused-ring (bicyclic) bond motifs is 1. The van der Waals surface area contributed by atoms with E-state index in [1.807, 2.05) is 26.8 Å². The normalized spacial score (nSPS) is 35.3. The molecule has 1 aliphatic carbocycles. The quantitative estimate of drug-likeness (QED) is 0.779. The number of nitrogens with zero attached hydrogens (tertiary/aromatic N) is 1. The number of hydrogen-bond donors (Lipinski definition) is 1. The molecule has 3 heterocycles. The minimum Gasteiger partial charge on any atom is -0.359 e. The third kappa shape index (κ3) is 2.78. The molecule has 0 unspecified atom stereocenters. The second-order valence-corrected chi connectivity index (χ2v) is 10.5. The number of rotatable bonds is 3. The highest BCUT2D eigenvalue weighted by atomic mass is 16.5. The smallest absolute Gasteiger partial charge is 0.246 e. The number of likely N-dealkylation sites (tertiary alicyclic amines) is 1. The Bertz CT molecular complexity index is 894. The number of ether oxygens (including phenoxy) is 1. The largest absolute Gasteiger partial charge is 0.359 e. The Morgan fingerprint density at radius 3 is 2.47 bits per heavy atom. The fraction of sp³-hybridized carbons (Fsp3) is 0.600. The Labute approximate surface area is 178 Å². The zero-order valence-electron chi connectivity index (χ0n) is 18.4. The molecule has 3 aliphatic heterocycles. The van der Waals surface area contributed by atoms with E-state index in [2.05, 4.69) is 42.6 Å². The van der Waals surface area contributed by atoms with Gasteiger partial charge in [-0.15, -0.1) is 0 Å². The molecule has 0 radical (unpaired) electrons. The first-order chi connectivity index (χ1) is 14.2. The van der Waals surface area contributed by atoms with E-state index >= 15 is 0 Å². The van der Waals surface area contributed by atoms with E-state index in [-0.39, 0.29) is 35.8 Å². The van der Waals surface area contributed by atoms with Gasteiger partial charge in [0.05, 0.1) is 12.0 Å². The lowest BCUT2D eigenvalue weighted by atomic mass is 9.72. The first kappa shape index (κ1) is 19.8. The van der Waals surface area contributed by atoms with Gasteiger partial charge in [0.2, 0.25) is 11.8 Å². The molecule has 0 aromatic heterocycles. The minimum absolute atomic E-state index is 0.0338. The summed E-state index contributed by atoms with van der Waals surface area (Å²) in [7, 11) is 0. The molecule has 2 saturated heterocycles. The second-order valence-electron chi connectivity index (χ2n) is 10.5. The summed E-state index contributed by atoms with van der Waals surface area (Å²) in [5.41, 5.74) is 0.950. The summed E-state index contributed by atoms with van der Waals surface area (Å²) < 4.78 is 6.54. The number of carbonyl (C=O) groups excluding carboxylic acids is 2. The molecule has 1 aromatic carbocycles. The first-order valence-electron chi connectivity index (χ1n) is 11.3. The van der Waals surface area contributed by atoms with Crippen molar-refractivity contribution in [2.45, 2.75) is 88.6 Å². The van der Waals surface area contributed by atoms with Crippen LogP contribution in [0.3, 0.4) is 0 Å². The van der Waals surface area contributed by atoms with Gasteiger partial charge in [0.1, 0.15) is 11.6 Å². The van der Waals surface area contributed by atoms with Crippen molar-refractivity contribution >= 4 is 11.8 Å². The monoisotopic (exact) mass is 408 g/mol. The molecule has 3 fully saturated rings. The van der Waals surface area contributed by atoms with Gasteiger partial charge in [0.25, 0.3) is 0 Å². The number of benzene rings is 1. The number of hydrogen-bond acceptors (Lipinski definition) is 3. The van der Waals surface area contributed by atoms with Crippen LogP contribution in [0.1, 0.15) is 63.5 Å². The summed E-state index contributed by atoms with van der Waals surface area (Å²) in [5, 5.41) is 3.25. The number of carbonyl (C=O) groups is 2. The Morgan fingerprint density at radius 1 is 1.17 bits per heavy atom. The molecular formula is C25H32N2O3. The average Bonchev–Trinajstić information content (AvgIpc) is 3.43. The predicted octanol–water partition coefficient (Wildman–Crippen LogP) is 3.47. The van der Waals surface area contributed by atoms with Gasteiger partial charge in [-0.3, -0.25) is 9.59 Å². The van der Waals surface area contributed by atoms with E-state index in [0.29, 0.717) is 0 Å². The van der Waals surface area contributed by atoms with Gasteiger partial charge >= 0.3 is 0 Å². The van der Waals surface area contributed by atoms with Crippen molar-refractivity contribution in [1.82, 2.24) is 10.2 Å². The SMILES string of the molecule is Cc1ccc([C@@H]2[C@@H]3C=C[C@]4(O3)[C@@H]2C(=O)N(C(C)(C)C)[C@@H]4C(=O)NC2CCCC2)cc1. The van der Waals surface area contributed by atoms with E-state index in [9.17, 15) is 9.59 Å². The highest BCUT2D eigenvalue weighted by molar-refractivity contribution is 5.97. The molecule has 30 heavy (non-hydrogen) atoms. The Hall–Kier alpha value is -2.14. The lowest BCUT2D eigenvalue weighted by Gasteiger charge is -2.40. The van der Waals surface area contributed by atoms with Gasteiger partial charge in [-0.1, -0.05) is 54.8 Å². The third-order valence-corrected chi connectivity index (χ3v) is 7.41. The van der Waals surface area contributed by atoms with Gasteiger partial charge < -0.3 is 15.0 Å². The molecule has 1 aromatic rings. The third-order valence-electron chi connectivity index (χ3n) is 7.41. The summed E-state index contributed by atoms with van der Waals surface area (Å²) >= 11 is 0. The van der Waals surface area contributed by atoms with Gasteiger partial charge in [0, 0.05) is 17.5 Å². The highest BCUT2D eigenvalue weighted by Crippen LogP contribution is 2.59. The molecule has 160 valence electrons. The number of amides is 2. The fourth-order valence-corrected chi connectivity index (χ4v) is 6.11. The van der Waals surface area contributed by atoms with Crippen LogP contribution < -0.4 is 5.32 Å². The van der Waals surface area contributed by atoms with Crippen molar-refractivity contribution in [3.05, 3.63) is 47.5 Å². The zero-order chi connectivity index (χ0) is 21.3. The highest BCUT2D eigenvalue weighted by Gasteiger charge is 2.72. The maximum Gasteiger partial charge on any atom is 0.246 e. The molecule has 5 atom stereocenters. The maximum atomic E-state index is 13.9. The van der Waals surface area contributed by atoms with Crippen LogP contribution in [-0.2, 0) is 14.3 Å². The lowest BCUT2D eigenvalue weighted by molar-refractivity contribution is -0.145. The van der Waals surface area contributed by atoms with E-state index in [0.717, 1.165) is 31.2 Å². The van der Waals surface area contributed by atoms with Crippen molar-refractivity contribution in [2.75, 3.05) is 0 Å². The molecule has 5 heteroatoms. The van der Waals surface area contributed by atoms with Crippen LogP contribution >= 0.6 is 0 Å². The standard InChI is InChI=1S/C25H32N2O3/c1-15-9-11-16(12-10-15)19-18-13-14-25(30-18)20(19)23(29)27(24(2,3)4)21(25)22(28)26-17-7-5-6-8-17/h9-14,17-21H,5-8H2,1-4H3,(H,26,28)/t18-,19+,20-,21+,25-/m0/s1. The average molecular weight is 409 g/mol. The van der Waals surface area contributed by atoms with E-state index < -0.39 is 17.2 Å². The zero-order valence-corrected chi connectivity index (χ0v) is 18.4. The number of aryl methyl sites for hydroxylation is 1. The van der Waals surface area contributed by atoms with Crippen molar-refractivity contribution in [1.29, 1.82) is 0 Å². The minimum atomic E-state index is -0.882. The van der Waals surface area contributed by atoms with Crippen LogP contribution in [0.2, 0.25) is 0 Å². The molecule has 1 spiro atoms. The Kier molecular flexibility index (Phi) is 4.41. The van der Waals surface area contributed by atoms with Crippen LogP contribution in [0.5, 0.6) is 0 Å². The molecule has 4 aliphatic rings. The molecule has 5 nitrogen and oxygen atoms in total. The van der Waals surface area contributed by atoms with Crippen LogP contribution in [0, 0.1) is 12.8 Å². The first-order valence-corrected chi connectivity index (χ1v) is 11.3. The van der Waals surface area contributed by atoms with Gasteiger partial charge in [-0.2, -0.15) is 0 Å². The Balaban J connectivity index is 1.56. The lowest BCUT2D eigenvalue weighted by Crippen LogP contribution is -2.60. The van der Waals surface area contributed by atoms with Crippen molar-refractivity contribution in [3.8, 4) is 0 Å². The molecule has 2 bridgehead atoms. The second kappa shape index (κ2) is 6.68. The molecule has 5 rings (SSSR count). The maximum absolute atomic E-state index is 13.9. The molecule has 1 saturated carbocycles. The van der Waals surface area contributed by atoms with Crippen LogP contribution in [-0.4, -0.2) is 46.0 Å². The van der Waals surface area contributed by atoms with E-state index in [1.54, 1.807) is 4.90 Å². The Morgan fingerprint density at radius 2 is 1.83 bits per heavy atom. The van der Waals surface area contributed by atoms with Gasteiger partial charge in [-0.25, -0.2) is 0 Å². The topological polar surface area (TPSA) is 58.6 Å². The van der Waals surface area contributed by atoms with Crippen molar-refractivity contribution < 1.29 is 14.3 Å². The van der Waals surface area contributed by atoms with E-state index in [1.165, 1.54) is 5.56 Å². The summed E-state index contributed by atoms with van der Waals surface area (Å²) in [6.45, 7) is 8.09. The fourth-order valence-electron chi connectivity index (χ4n) is 6.11. The molecular weight excluding hydrogens is 376 g/mol.